The van der Waals surface area contributed by atoms with Crippen molar-refractivity contribution in [1.82, 2.24) is 5.32 Å². The molecule has 0 radical (unpaired) electrons. The van der Waals surface area contributed by atoms with Gasteiger partial charge in [0.25, 0.3) is 0 Å². The molecule has 0 aliphatic carbocycles. The van der Waals surface area contributed by atoms with E-state index >= 15 is 0 Å². The first-order valence-electron chi connectivity index (χ1n) is 9.63. The molecule has 148 valence electrons. The van der Waals surface area contributed by atoms with Crippen molar-refractivity contribution in [2.24, 2.45) is 17.3 Å². The summed E-state index contributed by atoms with van der Waals surface area (Å²) in [5, 5.41) is 11.5. The Morgan fingerprint density at radius 3 is 2.24 bits per heavy atom. The van der Waals surface area contributed by atoms with Gasteiger partial charge in [0.05, 0.1) is 5.92 Å². The first-order valence-corrected chi connectivity index (χ1v) is 9.63. The minimum atomic E-state index is -0.143. The number of rotatable bonds is 12. The van der Waals surface area contributed by atoms with Crippen LogP contribution in [0.1, 0.15) is 79.6 Å². The van der Waals surface area contributed by atoms with E-state index < -0.39 is 0 Å². The highest BCUT2D eigenvalue weighted by Gasteiger charge is 2.31. The van der Waals surface area contributed by atoms with E-state index in [2.05, 4.69) is 33.0 Å². The molecule has 0 heterocycles. The Morgan fingerprint density at radius 2 is 1.72 bits per heavy atom. The van der Waals surface area contributed by atoms with E-state index in [1.807, 2.05) is 6.92 Å². The molecule has 5 heteroatoms. The van der Waals surface area contributed by atoms with Gasteiger partial charge in [-0.15, -0.1) is 0 Å². The highest BCUT2D eigenvalue weighted by atomic mass is 16.5. The van der Waals surface area contributed by atoms with E-state index in [1.165, 1.54) is 0 Å². The monoisotopic (exact) mass is 357 g/mol. The average molecular weight is 358 g/mol. The number of amides is 1. The number of hydrogen-bond donors (Lipinski definition) is 2. The normalized spacial score (nSPS) is 15.3. The van der Waals surface area contributed by atoms with Crippen LogP contribution in [-0.4, -0.2) is 36.7 Å². The highest BCUT2D eigenvalue weighted by Crippen LogP contribution is 2.30. The van der Waals surface area contributed by atoms with Crippen molar-refractivity contribution in [2.45, 2.75) is 85.7 Å². The molecule has 25 heavy (non-hydrogen) atoms. The summed E-state index contributed by atoms with van der Waals surface area (Å²) in [5.74, 6) is 0.185. The van der Waals surface area contributed by atoms with Crippen LogP contribution in [0, 0.1) is 17.3 Å². The third kappa shape index (κ3) is 11.2. The van der Waals surface area contributed by atoms with Gasteiger partial charge in [-0.05, 0) is 37.0 Å². The van der Waals surface area contributed by atoms with Crippen LogP contribution < -0.4 is 5.32 Å². The largest absolute Gasteiger partial charge is 0.462 e. The number of aliphatic hydroxyl groups is 1. The number of aliphatic hydroxyl groups excluding tert-OH is 1. The van der Waals surface area contributed by atoms with Crippen LogP contribution in [0.4, 0.5) is 0 Å². The molecule has 5 nitrogen and oxygen atoms in total. The quantitative estimate of drug-likeness (QED) is 0.413. The Hall–Kier alpha value is -1.10. The number of carbonyl (C=O) groups is 2. The zero-order valence-corrected chi connectivity index (χ0v) is 17.1. The average Bonchev–Trinajstić information content (AvgIpc) is 2.53. The first kappa shape index (κ1) is 23.9. The number of nitrogens with one attached hydrogen (secondary N) is 1. The van der Waals surface area contributed by atoms with Gasteiger partial charge in [0, 0.05) is 20.1 Å². The molecule has 0 saturated carbocycles. The topological polar surface area (TPSA) is 75.6 Å². The predicted molar refractivity (Wildman–Crippen MR) is 101 cm³/mol. The van der Waals surface area contributed by atoms with Crippen molar-refractivity contribution in [2.75, 3.05) is 13.7 Å². The lowest BCUT2D eigenvalue weighted by Crippen LogP contribution is -2.35. The van der Waals surface area contributed by atoms with Gasteiger partial charge in [-0.25, -0.2) is 0 Å². The van der Waals surface area contributed by atoms with Crippen LogP contribution in [0.25, 0.3) is 0 Å². The van der Waals surface area contributed by atoms with Gasteiger partial charge in [-0.1, -0.05) is 47.5 Å². The molecule has 0 rings (SSSR count). The summed E-state index contributed by atoms with van der Waals surface area (Å²) in [5.41, 5.74) is -0.116. The van der Waals surface area contributed by atoms with Crippen molar-refractivity contribution >= 4 is 11.9 Å². The fourth-order valence-corrected chi connectivity index (χ4v) is 2.73. The van der Waals surface area contributed by atoms with Gasteiger partial charge in [0.15, 0.2) is 0 Å². The number of hydrogen-bond acceptors (Lipinski definition) is 4. The summed E-state index contributed by atoms with van der Waals surface area (Å²) >= 11 is 0. The van der Waals surface area contributed by atoms with E-state index in [1.54, 1.807) is 7.05 Å². The van der Waals surface area contributed by atoms with E-state index in [-0.39, 0.29) is 35.9 Å². The molecule has 0 aliphatic rings. The number of unbranched alkanes of at least 4 members (excludes halogenated alkanes) is 1. The zero-order valence-electron chi connectivity index (χ0n) is 17.1. The molecule has 0 unspecified atom stereocenters. The SMILES string of the molecule is CNC(=O)CCC[C@H](C)C[C@H](OC(=O)[C@@H](C)CCCCO)C(C)(C)C. The Bertz CT molecular complexity index is 390. The van der Waals surface area contributed by atoms with Crippen molar-refractivity contribution in [1.29, 1.82) is 0 Å². The van der Waals surface area contributed by atoms with Gasteiger partial charge in [0.1, 0.15) is 6.10 Å². The maximum absolute atomic E-state index is 12.4. The van der Waals surface area contributed by atoms with Crippen molar-refractivity contribution in [3.63, 3.8) is 0 Å². The van der Waals surface area contributed by atoms with Gasteiger partial charge < -0.3 is 15.2 Å². The van der Waals surface area contributed by atoms with Crippen LogP contribution in [0.5, 0.6) is 0 Å². The summed E-state index contributed by atoms with van der Waals surface area (Å²) in [4.78, 5) is 23.7. The molecule has 0 saturated heterocycles. The molecule has 0 spiro atoms. The fourth-order valence-electron chi connectivity index (χ4n) is 2.73. The number of carbonyl (C=O) groups excluding carboxylic acids is 2. The van der Waals surface area contributed by atoms with Crippen molar-refractivity contribution in [3.05, 3.63) is 0 Å². The molecule has 1 amide bonds. The van der Waals surface area contributed by atoms with E-state index in [0.717, 1.165) is 38.5 Å². The molecule has 0 aromatic rings. The molecular formula is C20H39NO4. The second kappa shape index (κ2) is 12.3. The molecule has 0 fully saturated rings. The van der Waals surface area contributed by atoms with Crippen molar-refractivity contribution < 1.29 is 19.4 Å². The smallest absolute Gasteiger partial charge is 0.308 e. The Balaban J connectivity index is 4.50. The molecule has 0 aromatic heterocycles. The maximum Gasteiger partial charge on any atom is 0.308 e. The second-order valence-corrected chi connectivity index (χ2v) is 8.32. The number of esters is 1. The summed E-state index contributed by atoms with van der Waals surface area (Å²) < 4.78 is 5.85. The Kier molecular flexibility index (Phi) is 11.7. The Morgan fingerprint density at radius 1 is 1.08 bits per heavy atom. The van der Waals surface area contributed by atoms with Gasteiger partial charge in [-0.2, -0.15) is 0 Å². The molecule has 3 atom stereocenters. The lowest BCUT2D eigenvalue weighted by Gasteiger charge is -2.33. The van der Waals surface area contributed by atoms with Crippen LogP contribution in [0.15, 0.2) is 0 Å². The standard InChI is InChI=1S/C20H39NO4/c1-15(10-9-12-18(23)21-6)14-17(20(3,4)5)25-19(24)16(2)11-7-8-13-22/h15-17,22H,7-14H2,1-6H3,(H,21,23)/t15-,16-,17-/m0/s1. The zero-order chi connectivity index (χ0) is 19.5. The van der Waals surface area contributed by atoms with E-state index in [9.17, 15) is 9.59 Å². The molecule has 0 aromatic carbocycles. The van der Waals surface area contributed by atoms with Gasteiger partial charge >= 0.3 is 5.97 Å². The van der Waals surface area contributed by atoms with E-state index in [4.69, 9.17) is 9.84 Å². The first-order chi connectivity index (χ1) is 11.6. The third-order valence-corrected chi connectivity index (χ3v) is 4.67. The van der Waals surface area contributed by atoms with Crippen LogP contribution in [-0.2, 0) is 14.3 Å². The van der Waals surface area contributed by atoms with Crippen molar-refractivity contribution in [3.8, 4) is 0 Å². The summed E-state index contributed by atoms with van der Waals surface area (Å²) in [6, 6.07) is 0. The highest BCUT2D eigenvalue weighted by molar-refractivity contribution is 5.75. The van der Waals surface area contributed by atoms with Crippen LogP contribution in [0.2, 0.25) is 0 Å². The lowest BCUT2D eigenvalue weighted by molar-refractivity contribution is -0.160. The lowest BCUT2D eigenvalue weighted by atomic mass is 9.82. The summed E-state index contributed by atoms with van der Waals surface area (Å²) in [6.45, 7) is 10.5. The fraction of sp³-hybridized carbons (Fsp3) is 0.900. The minimum absolute atomic E-state index is 0.0719. The molecule has 2 N–H and O–H groups in total. The summed E-state index contributed by atoms with van der Waals surface area (Å²) in [7, 11) is 1.66. The minimum Gasteiger partial charge on any atom is -0.462 e. The van der Waals surface area contributed by atoms with Gasteiger partial charge in [0.2, 0.25) is 5.91 Å². The predicted octanol–water partition coefficient (Wildman–Crippen LogP) is 3.69. The summed E-state index contributed by atoms with van der Waals surface area (Å²) in [6.07, 6.45) is 5.33. The van der Waals surface area contributed by atoms with E-state index in [0.29, 0.717) is 12.3 Å². The third-order valence-electron chi connectivity index (χ3n) is 4.67. The number of ether oxygens (including phenoxy) is 1. The molecule has 0 aliphatic heterocycles. The van der Waals surface area contributed by atoms with Crippen LogP contribution in [0.3, 0.4) is 0 Å². The van der Waals surface area contributed by atoms with Gasteiger partial charge in [-0.3, -0.25) is 9.59 Å². The van der Waals surface area contributed by atoms with Crippen LogP contribution >= 0.6 is 0 Å². The second-order valence-electron chi connectivity index (χ2n) is 8.32. The Labute approximate surface area is 153 Å². The molecule has 0 bridgehead atoms. The molecular weight excluding hydrogens is 318 g/mol. The maximum atomic E-state index is 12.4.